The second-order valence-electron chi connectivity index (χ2n) is 5.46. The highest BCUT2D eigenvalue weighted by molar-refractivity contribution is 5.81. The van der Waals surface area contributed by atoms with Gasteiger partial charge in [-0.25, -0.2) is 4.39 Å². The zero-order valence-electron chi connectivity index (χ0n) is 12.5. The van der Waals surface area contributed by atoms with Crippen molar-refractivity contribution < 1.29 is 13.9 Å². The van der Waals surface area contributed by atoms with E-state index < -0.39 is 5.82 Å². The SMILES string of the molecule is COc1ccc(F)c(NCC(=O)NC2CCCCCC2)c1. The van der Waals surface area contributed by atoms with E-state index in [4.69, 9.17) is 4.74 Å². The predicted octanol–water partition coefficient (Wildman–Crippen LogP) is 3.09. The highest BCUT2D eigenvalue weighted by Crippen LogP contribution is 2.21. The second-order valence-corrected chi connectivity index (χ2v) is 5.46. The van der Waals surface area contributed by atoms with Crippen molar-refractivity contribution in [3.63, 3.8) is 0 Å². The number of halogens is 1. The molecule has 1 saturated carbocycles. The van der Waals surface area contributed by atoms with Crippen molar-refractivity contribution in [1.29, 1.82) is 0 Å². The van der Waals surface area contributed by atoms with Crippen LogP contribution in [0.5, 0.6) is 5.75 Å². The van der Waals surface area contributed by atoms with Crippen LogP contribution >= 0.6 is 0 Å². The maximum atomic E-state index is 13.6. The van der Waals surface area contributed by atoms with Gasteiger partial charge in [-0.2, -0.15) is 0 Å². The quantitative estimate of drug-likeness (QED) is 0.821. The van der Waals surface area contributed by atoms with Crippen molar-refractivity contribution in [2.45, 2.75) is 44.6 Å². The molecular formula is C16H23FN2O2. The van der Waals surface area contributed by atoms with E-state index in [0.29, 0.717) is 5.75 Å². The largest absolute Gasteiger partial charge is 0.497 e. The van der Waals surface area contributed by atoms with Crippen LogP contribution in [0.2, 0.25) is 0 Å². The van der Waals surface area contributed by atoms with E-state index in [0.717, 1.165) is 12.8 Å². The highest BCUT2D eigenvalue weighted by atomic mass is 19.1. The Balaban J connectivity index is 1.83. The van der Waals surface area contributed by atoms with Crippen LogP contribution < -0.4 is 15.4 Å². The number of anilines is 1. The third kappa shape index (κ3) is 4.92. The normalized spacial score (nSPS) is 16.1. The van der Waals surface area contributed by atoms with Crippen molar-refractivity contribution in [3.8, 4) is 5.75 Å². The predicted molar refractivity (Wildman–Crippen MR) is 81.1 cm³/mol. The molecule has 1 amide bonds. The molecule has 0 saturated heterocycles. The van der Waals surface area contributed by atoms with Crippen LogP contribution in [0.15, 0.2) is 18.2 Å². The minimum Gasteiger partial charge on any atom is -0.497 e. The maximum absolute atomic E-state index is 13.6. The molecule has 1 aromatic carbocycles. The molecule has 1 aliphatic rings. The van der Waals surface area contributed by atoms with Gasteiger partial charge in [-0.15, -0.1) is 0 Å². The first-order valence-corrected chi connectivity index (χ1v) is 7.56. The summed E-state index contributed by atoms with van der Waals surface area (Å²) in [6, 6.07) is 4.68. The van der Waals surface area contributed by atoms with E-state index in [9.17, 15) is 9.18 Å². The van der Waals surface area contributed by atoms with Crippen LogP contribution in [-0.2, 0) is 4.79 Å². The average Bonchev–Trinajstić information content (AvgIpc) is 2.75. The number of rotatable bonds is 5. The molecule has 0 atom stereocenters. The standard InChI is InChI=1S/C16H23FN2O2/c1-21-13-8-9-14(17)15(10-13)18-11-16(20)19-12-6-4-2-3-5-7-12/h8-10,12,18H,2-7,11H2,1H3,(H,19,20). The van der Waals surface area contributed by atoms with Crippen molar-refractivity contribution in [2.75, 3.05) is 19.0 Å². The number of hydrogen-bond donors (Lipinski definition) is 2. The summed E-state index contributed by atoms with van der Waals surface area (Å²) in [5, 5.41) is 5.85. The van der Waals surface area contributed by atoms with Gasteiger partial charge in [0.2, 0.25) is 5.91 Å². The Kier molecular flexibility index (Phi) is 5.84. The Hall–Kier alpha value is -1.78. The fraction of sp³-hybridized carbons (Fsp3) is 0.562. The molecule has 0 aromatic heterocycles. The Morgan fingerprint density at radius 1 is 1.29 bits per heavy atom. The summed E-state index contributed by atoms with van der Waals surface area (Å²) in [6.07, 6.45) is 6.92. The third-order valence-corrected chi connectivity index (χ3v) is 3.83. The number of carbonyl (C=O) groups excluding carboxylic acids is 1. The van der Waals surface area contributed by atoms with E-state index in [1.54, 1.807) is 12.1 Å². The fourth-order valence-corrected chi connectivity index (χ4v) is 2.64. The van der Waals surface area contributed by atoms with Gasteiger partial charge in [0, 0.05) is 12.1 Å². The van der Waals surface area contributed by atoms with E-state index >= 15 is 0 Å². The Morgan fingerprint density at radius 2 is 2.00 bits per heavy atom. The van der Waals surface area contributed by atoms with E-state index in [2.05, 4.69) is 10.6 Å². The minimum absolute atomic E-state index is 0.0700. The number of ether oxygens (including phenoxy) is 1. The number of hydrogen-bond acceptors (Lipinski definition) is 3. The van der Waals surface area contributed by atoms with Gasteiger partial charge in [0.1, 0.15) is 11.6 Å². The molecular weight excluding hydrogens is 271 g/mol. The molecule has 1 aliphatic carbocycles. The summed E-state index contributed by atoms with van der Waals surface area (Å²) in [5.74, 6) is 0.0743. The number of methoxy groups -OCH3 is 1. The second kappa shape index (κ2) is 7.86. The smallest absolute Gasteiger partial charge is 0.239 e. The molecule has 1 fully saturated rings. The number of carbonyl (C=O) groups is 1. The molecule has 0 bridgehead atoms. The molecule has 21 heavy (non-hydrogen) atoms. The lowest BCUT2D eigenvalue weighted by molar-refractivity contribution is -0.120. The molecule has 0 aliphatic heterocycles. The van der Waals surface area contributed by atoms with Gasteiger partial charge in [-0.3, -0.25) is 4.79 Å². The lowest BCUT2D eigenvalue weighted by atomic mass is 10.1. The van der Waals surface area contributed by atoms with Crippen molar-refractivity contribution >= 4 is 11.6 Å². The zero-order chi connectivity index (χ0) is 15.1. The molecule has 2 rings (SSSR count). The molecule has 0 unspecified atom stereocenters. The van der Waals surface area contributed by atoms with Crippen LogP contribution in [0.25, 0.3) is 0 Å². The third-order valence-electron chi connectivity index (χ3n) is 3.83. The number of benzene rings is 1. The summed E-state index contributed by atoms with van der Waals surface area (Å²) < 4.78 is 18.7. The topological polar surface area (TPSA) is 50.4 Å². The number of amides is 1. The molecule has 4 nitrogen and oxygen atoms in total. The molecule has 116 valence electrons. The van der Waals surface area contributed by atoms with Gasteiger partial charge in [-0.1, -0.05) is 25.7 Å². The lowest BCUT2D eigenvalue weighted by Crippen LogP contribution is -2.38. The van der Waals surface area contributed by atoms with Gasteiger partial charge < -0.3 is 15.4 Å². The first-order valence-electron chi connectivity index (χ1n) is 7.56. The van der Waals surface area contributed by atoms with Crippen LogP contribution in [0.1, 0.15) is 38.5 Å². The first kappa shape index (κ1) is 15.6. The Bertz CT molecular complexity index is 471. The van der Waals surface area contributed by atoms with Crippen molar-refractivity contribution in [2.24, 2.45) is 0 Å². The average molecular weight is 294 g/mol. The van der Waals surface area contributed by atoms with Crippen LogP contribution in [0, 0.1) is 5.82 Å². The Morgan fingerprint density at radius 3 is 2.67 bits per heavy atom. The van der Waals surface area contributed by atoms with Crippen LogP contribution in [0.3, 0.4) is 0 Å². The van der Waals surface area contributed by atoms with Gasteiger partial charge in [0.25, 0.3) is 0 Å². The maximum Gasteiger partial charge on any atom is 0.239 e. The molecule has 0 spiro atoms. The van der Waals surface area contributed by atoms with E-state index in [-0.39, 0.29) is 24.2 Å². The van der Waals surface area contributed by atoms with Gasteiger partial charge in [-0.05, 0) is 25.0 Å². The molecule has 1 aromatic rings. The number of nitrogens with one attached hydrogen (secondary N) is 2. The lowest BCUT2D eigenvalue weighted by Gasteiger charge is -2.17. The van der Waals surface area contributed by atoms with Gasteiger partial charge in [0.15, 0.2) is 0 Å². The zero-order valence-corrected chi connectivity index (χ0v) is 12.5. The minimum atomic E-state index is -0.391. The van der Waals surface area contributed by atoms with Gasteiger partial charge in [0.05, 0.1) is 19.3 Å². The molecule has 2 N–H and O–H groups in total. The highest BCUT2D eigenvalue weighted by Gasteiger charge is 2.14. The molecule has 5 heteroatoms. The van der Waals surface area contributed by atoms with Crippen LogP contribution in [-0.4, -0.2) is 25.6 Å². The summed E-state index contributed by atoms with van der Waals surface area (Å²) in [5.41, 5.74) is 0.283. The summed E-state index contributed by atoms with van der Waals surface area (Å²) >= 11 is 0. The summed E-state index contributed by atoms with van der Waals surface area (Å²) in [7, 11) is 1.52. The fourth-order valence-electron chi connectivity index (χ4n) is 2.64. The molecule has 0 radical (unpaired) electrons. The Labute approximate surface area is 125 Å². The summed E-state index contributed by atoms with van der Waals surface area (Å²) in [6.45, 7) is 0.0700. The monoisotopic (exact) mass is 294 g/mol. The molecule has 0 heterocycles. The first-order chi connectivity index (χ1) is 10.2. The van der Waals surface area contributed by atoms with Crippen molar-refractivity contribution in [1.82, 2.24) is 5.32 Å². The van der Waals surface area contributed by atoms with Gasteiger partial charge >= 0.3 is 0 Å². The van der Waals surface area contributed by atoms with Crippen molar-refractivity contribution in [3.05, 3.63) is 24.0 Å². The van der Waals surface area contributed by atoms with Crippen LogP contribution in [0.4, 0.5) is 10.1 Å². The summed E-state index contributed by atoms with van der Waals surface area (Å²) in [4.78, 5) is 11.9. The van der Waals surface area contributed by atoms with E-state index in [1.807, 2.05) is 0 Å². The van der Waals surface area contributed by atoms with E-state index in [1.165, 1.54) is 38.9 Å².